The lowest BCUT2D eigenvalue weighted by atomic mass is 9.99. The van der Waals surface area contributed by atoms with Crippen LogP contribution in [-0.4, -0.2) is 23.4 Å². The van der Waals surface area contributed by atoms with Crippen LogP contribution in [-0.2, 0) is 0 Å². The van der Waals surface area contributed by atoms with E-state index in [1.807, 2.05) is 6.92 Å². The van der Waals surface area contributed by atoms with Gasteiger partial charge in [-0.1, -0.05) is 11.6 Å². The lowest BCUT2D eigenvalue weighted by Crippen LogP contribution is -1.95. The van der Waals surface area contributed by atoms with Gasteiger partial charge in [0.1, 0.15) is 0 Å². The average molecular weight is 287 g/mol. The number of aromatic hydroxyl groups is 1. The van der Waals surface area contributed by atoms with Crippen molar-refractivity contribution in [2.45, 2.75) is 6.92 Å². The van der Waals surface area contributed by atoms with Crippen molar-refractivity contribution in [3.63, 3.8) is 0 Å². The van der Waals surface area contributed by atoms with Gasteiger partial charge in [0.25, 0.3) is 5.69 Å². The lowest BCUT2D eigenvalue weighted by molar-refractivity contribution is -0.384. The molecule has 0 saturated carbocycles. The summed E-state index contributed by atoms with van der Waals surface area (Å²) in [5, 5.41) is 20.9. The van der Waals surface area contributed by atoms with Crippen LogP contribution >= 0.6 is 0 Å². The van der Waals surface area contributed by atoms with Gasteiger partial charge in [0.2, 0.25) is 0 Å². The topological polar surface area (TPSA) is 89.7 Å². The predicted octanol–water partition coefficient (Wildman–Crippen LogP) is 3.10. The van der Waals surface area contributed by atoms with E-state index in [0.29, 0.717) is 17.4 Å². The molecule has 0 radical (unpaired) electrons. The number of nitro groups is 1. The van der Waals surface area contributed by atoms with Gasteiger partial charge in [0.15, 0.2) is 17.8 Å². The van der Waals surface area contributed by atoms with Crippen molar-refractivity contribution >= 4 is 12.0 Å². The van der Waals surface area contributed by atoms with Crippen molar-refractivity contribution in [2.24, 2.45) is 0 Å². The van der Waals surface area contributed by atoms with E-state index in [2.05, 4.69) is 0 Å². The Kier molecular flexibility index (Phi) is 3.89. The Labute approximate surface area is 120 Å². The van der Waals surface area contributed by atoms with Crippen molar-refractivity contribution < 1.29 is 19.6 Å². The summed E-state index contributed by atoms with van der Waals surface area (Å²) < 4.78 is 5.00. The van der Waals surface area contributed by atoms with Gasteiger partial charge in [-0.25, -0.2) is 0 Å². The van der Waals surface area contributed by atoms with Gasteiger partial charge in [-0.2, -0.15) is 0 Å². The molecule has 1 N–H and O–H groups in total. The first-order chi connectivity index (χ1) is 9.97. The summed E-state index contributed by atoms with van der Waals surface area (Å²) in [5.74, 6) is -0.197. The molecular weight excluding hydrogens is 274 g/mol. The first kappa shape index (κ1) is 14.5. The zero-order chi connectivity index (χ0) is 15.6. The van der Waals surface area contributed by atoms with Gasteiger partial charge in [0.05, 0.1) is 23.2 Å². The third-order valence-corrected chi connectivity index (χ3v) is 3.11. The average Bonchev–Trinajstić information content (AvgIpc) is 2.47. The van der Waals surface area contributed by atoms with E-state index in [9.17, 15) is 20.0 Å². The fourth-order valence-electron chi connectivity index (χ4n) is 2.07. The molecule has 0 aliphatic rings. The molecular formula is C15H13NO5. The van der Waals surface area contributed by atoms with Crippen LogP contribution in [0.1, 0.15) is 15.9 Å². The molecule has 0 bridgehead atoms. The predicted molar refractivity (Wildman–Crippen MR) is 76.9 cm³/mol. The fourth-order valence-corrected chi connectivity index (χ4v) is 2.07. The van der Waals surface area contributed by atoms with Gasteiger partial charge in [-0.15, -0.1) is 0 Å². The molecule has 0 atom stereocenters. The highest BCUT2D eigenvalue weighted by Gasteiger charge is 2.18. The quantitative estimate of drug-likeness (QED) is 0.530. The molecule has 6 heteroatoms. The SMILES string of the molecule is COc1cc(-c2cc(C)ccc2[N+](=O)[O-])cc(C=O)c1O. The highest BCUT2D eigenvalue weighted by Crippen LogP contribution is 2.38. The van der Waals surface area contributed by atoms with Crippen LogP contribution in [0.5, 0.6) is 11.5 Å². The Hall–Kier alpha value is -2.89. The number of nitrogens with zero attached hydrogens (tertiary/aromatic N) is 1. The van der Waals surface area contributed by atoms with Crippen LogP contribution in [0.4, 0.5) is 5.69 Å². The monoisotopic (exact) mass is 287 g/mol. The first-order valence-corrected chi connectivity index (χ1v) is 6.09. The molecule has 2 aromatic rings. The van der Waals surface area contributed by atoms with E-state index < -0.39 is 4.92 Å². The molecule has 0 amide bonds. The van der Waals surface area contributed by atoms with Crippen molar-refractivity contribution in [3.8, 4) is 22.6 Å². The molecule has 0 spiro atoms. The summed E-state index contributed by atoms with van der Waals surface area (Å²) in [4.78, 5) is 21.7. The normalized spacial score (nSPS) is 10.2. The Balaban J connectivity index is 2.75. The molecule has 21 heavy (non-hydrogen) atoms. The Morgan fingerprint density at radius 1 is 1.29 bits per heavy atom. The summed E-state index contributed by atoms with van der Waals surface area (Å²) in [5.41, 5.74) is 1.57. The lowest BCUT2D eigenvalue weighted by Gasteiger charge is -2.10. The van der Waals surface area contributed by atoms with Crippen LogP contribution in [0.2, 0.25) is 0 Å². The molecule has 6 nitrogen and oxygen atoms in total. The number of carbonyl (C=O) groups excluding carboxylic acids is 1. The molecule has 0 fully saturated rings. The number of methoxy groups -OCH3 is 1. The molecule has 0 saturated heterocycles. The summed E-state index contributed by atoms with van der Waals surface area (Å²) in [6, 6.07) is 7.56. The minimum Gasteiger partial charge on any atom is -0.504 e. The fraction of sp³-hybridized carbons (Fsp3) is 0.133. The second-order valence-corrected chi connectivity index (χ2v) is 4.51. The standard InChI is InChI=1S/C15H13NO5/c1-9-3-4-13(16(19)20)12(5-9)10-6-11(8-17)15(18)14(7-10)21-2/h3-8,18H,1-2H3. The van der Waals surface area contributed by atoms with Crippen LogP contribution in [0.15, 0.2) is 30.3 Å². The highest BCUT2D eigenvalue weighted by atomic mass is 16.6. The second-order valence-electron chi connectivity index (χ2n) is 4.51. The third-order valence-electron chi connectivity index (χ3n) is 3.11. The third kappa shape index (κ3) is 2.69. The number of aldehydes is 1. The summed E-state index contributed by atoms with van der Waals surface area (Å²) >= 11 is 0. The second kappa shape index (κ2) is 5.62. The van der Waals surface area contributed by atoms with E-state index in [0.717, 1.165) is 5.56 Å². The maximum Gasteiger partial charge on any atom is 0.277 e. The van der Waals surface area contributed by atoms with E-state index in [1.54, 1.807) is 12.1 Å². The van der Waals surface area contributed by atoms with E-state index in [4.69, 9.17) is 4.74 Å². The van der Waals surface area contributed by atoms with Crippen molar-refractivity contribution in [1.82, 2.24) is 0 Å². The van der Waals surface area contributed by atoms with Crippen LogP contribution < -0.4 is 4.74 Å². The summed E-state index contributed by atoms with van der Waals surface area (Å²) in [6.45, 7) is 1.81. The molecule has 0 aliphatic heterocycles. The highest BCUT2D eigenvalue weighted by molar-refractivity contribution is 5.86. The largest absolute Gasteiger partial charge is 0.504 e. The van der Waals surface area contributed by atoms with Crippen molar-refractivity contribution in [2.75, 3.05) is 7.11 Å². The smallest absolute Gasteiger partial charge is 0.277 e. The number of benzene rings is 2. The maximum absolute atomic E-state index is 11.1. The number of carbonyl (C=O) groups is 1. The molecule has 0 heterocycles. The molecule has 0 aromatic heterocycles. The molecule has 108 valence electrons. The molecule has 2 rings (SSSR count). The number of ether oxygens (including phenoxy) is 1. The zero-order valence-corrected chi connectivity index (χ0v) is 11.5. The minimum absolute atomic E-state index is 0.0140. The number of hydrogen-bond acceptors (Lipinski definition) is 5. The minimum atomic E-state index is -0.491. The number of rotatable bonds is 4. The maximum atomic E-state index is 11.1. The van der Waals surface area contributed by atoms with E-state index in [1.165, 1.54) is 25.3 Å². The molecule has 0 aliphatic carbocycles. The zero-order valence-electron chi connectivity index (χ0n) is 11.5. The Bertz CT molecular complexity index is 724. The van der Waals surface area contributed by atoms with Gasteiger partial charge < -0.3 is 9.84 Å². The Morgan fingerprint density at radius 2 is 2.00 bits per heavy atom. The van der Waals surface area contributed by atoms with Crippen LogP contribution in [0.25, 0.3) is 11.1 Å². The number of nitro benzene ring substituents is 1. The van der Waals surface area contributed by atoms with Gasteiger partial charge in [-0.3, -0.25) is 14.9 Å². The van der Waals surface area contributed by atoms with E-state index in [-0.39, 0.29) is 22.7 Å². The van der Waals surface area contributed by atoms with Gasteiger partial charge in [-0.05, 0) is 30.7 Å². The van der Waals surface area contributed by atoms with Gasteiger partial charge in [0, 0.05) is 6.07 Å². The van der Waals surface area contributed by atoms with Crippen LogP contribution in [0.3, 0.4) is 0 Å². The number of phenolic OH excluding ortho intramolecular Hbond substituents is 1. The number of hydrogen-bond donors (Lipinski definition) is 1. The Morgan fingerprint density at radius 3 is 2.57 bits per heavy atom. The number of aryl methyl sites for hydroxylation is 1. The van der Waals surface area contributed by atoms with Crippen molar-refractivity contribution in [3.05, 3.63) is 51.6 Å². The van der Waals surface area contributed by atoms with Crippen LogP contribution in [0, 0.1) is 17.0 Å². The van der Waals surface area contributed by atoms with E-state index >= 15 is 0 Å². The summed E-state index contributed by atoms with van der Waals surface area (Å²) in [7, 11) is 1.35. The molecule has 0 unspecified atom stereocenters. The summed E-state index contributed by atoms with van der Waals surface area (Å²) in [6.07, 6.45) is 0.475. The van der Waals surface area contributed by atoms with Crippen molar-refractivity contribution in [1.29, 1.82) is 0 Å². The molecule has 2 aromatic carbocycles. The first-order valence-electron chi connectivity index (χ1n) is 6.09. The van der Waals surface area contributed by atoms with Gasteiger partial charge >= 0.3 is 0 Å². The number of phenols is 1.